The van der Waals surface area contributed by atoms with Crippen molar-refractivity contribution in [3.63, 3.8) is 0 Å². The topological polar surface area (TPSA) is 0 Å². The van der Waals surface area contributed by atoms with E-state index in [-0.39, 0.29) is 22.6 Å². The highest BCUT2D eigenvalue weighted by Crippen LogP contribution is 2.68. The zero-order valence-electron chi connectivity index (χ0n) is 8.20. The zero-order valence-corrected chi connectivity index (χ0v) is 12.7. The first-order valence-corrected chi connectivity index (χ1v) is 7.60. The first kappa shape index (κ1) is 13.9. The van der Waals surface area contributed by atoms with Crippen LogP contribution in [0.15, 0.2) is 11.1 Å². The Morgan fingerprint density at radius 1 is 1.25 bits per heavy atom. The fourth-order valence-corrected chi connectivity index (χ4v) is 5.54. The Hall–Kier alpha value is 1.48. The summed E-state index contributed by atoms with van der Waals surface area (Å²) in [4.78, 5) is 0. The minimum Gasteiger partial charge on any atom is -0.126 e. The molecule has 1 unspecified atom stereocenters. The van der Waals surface area contributed by atoms with Gasteiger partial charge in [0.15, 0.2) is 0 Å². The Morgan fingerprint density at radius 2 is 1.81 bits per heavy atom. The molecule has 0 N–H and O–H groups in total. The molecule has 0 aromatic heterocycles. The molecule has 0 heterocycles. The van der Waals surface area contributed by atoms with Gasteiger partial charge in [-0.05, 0) is 17.9 Å². The molecule has 2 fully saturated rings. The van der Waals surface area contributed by atoms with E-state index in [9.17, 15) is 0 Å². The second-order valence-corrected chi connectivity index (χ2v) is 7.13. The fraction of sp³-hybridized carbons (Fsp3) is 0.800. The molecule has 0 nitrogen and oxygen atoms in total. The van der Waals surface area contributed by atoms with E-state index in [1.807, 2.05) is 0 Å². The molecule has 0 spiro atoms. The van der Waals surface area contributed by atoms with Gasteiger partial charge in [0.05, 0.1) is 5.38 Å². The van der Waals surface area contributed by atoms with Crippen LogP contribution in [-0.2, 0) is 0 Å². The quantitative estimate of drug-likeness (QED) is 0.619. The number of fused-ring (bicyclic) bond motifs is 2. The van der Waals surface area contributed by atoms with E-state index in [0.29, 0.717) is 11.8 Å². The Balaban J connectivity index is 2.48. The van der Waals surface area contributed by atoms with Gasteiger partial charge in [-0.25, -0.2) is 0 Å². The molecule has 2 rings (SSSR count). The number of allylic oxidation sites excluding steroid dienone is 1. The van der Waals surface area contributed by atoms with Gasteiger partial charge < -0.3 is 0 Å². The molecule has 2 aliphatic rings. The Kier molecular flexibility index (Phi) is 3.95. The number of hydrogen-bond acceptors (Lipinski definition) is 0. The number of halogens is 6. The average molecular weight is 343 g/mol. The standard InChI is InChI=1S/C10H10Cl6/c11-2-7-5-1-6(8(14)10(5,15)16)9(7,3-12)4-13/h2,5-6,8H,1,3-4H2/b7-2+/t5?,6-,8+/m0/s1. The molecule has 2 saturated carbocycles. The van der Waals surface area contributed by atoms with Gasteiger partial charge in [-0.15, -0.1) is 34.8 Å². The molecule has 2 bridgehead atoms. The first-order valence-electron chi connectivity index (χ1n) is 4.90. The van der Waals surface area contributed by atoms with E-state index in [4.69, 9.17) is 69.6 Å². The summed E-state index contributed by atoms with van der Waals surface area (Å²) in [5, 5.41) is -0.335. The molecule has 0 aromatic rings. The second kappa shape index (κ2) is 4.54. The summed E-state index contributed by atoms with van der Waals surface area (Å²) in [6.07, 6.45) is 0.805. The summed E-state index contributed by atoms with van der Waals surface area (Å²) in [5.74, 6) is 0.833. The number of hydrogen-bond donors (Lipinski definition) is 0. The molecule has 16 heavy (non-hydrogen) atoms. The molecule has 6 heteroatoms. The molecule has 2 aliphatic carbocycles. The van der Waals surface area contributed by atoms with Crippen LogP contribution in [0.5, 0.6) is 0 Å². The van der Waals surface area contributed by atoms with Crippen molar-refractivity contribution >= 4 is 69.6 Å². The summed E-state index contributed by atoms with van der Waals surface area (Å²) in [7, 11) is 0. The predicted molar refractivity (Wildman–Crippen MR) is 73.5 cm³/mol. The summed E-state index contributed by atoms with van der Waals surface area (Å²) >= 11 is 36.9. The smallest absolute Gasteiger partial charge is 0.126 e. The SMILES string of the molecule is Cl/C=C1\C2C[C@@H]([C@@H](Cl)C2(Cl)Cl)C1(CCl)CCl. The van der Waals surface area contributed by atoms with Gasteiger partial charge in [0.25, 0.3) is 0 Å². The molecule has 0 aliphatic heterocycles. The minimum atomic E-state index is -0.964. The van der Waals surface area contributed by atoms with E-state index < -0.39 is 4.33 Å². The van der Waals surface area contributed by atoms with Crippen LogP contribution in [0.3, 0.4) is 0 Å². The van der Waals surface area contributed by atoms with Crippen molar-refractivity contribution in [1.82, 2.24) is 0 Å². The van der Waals surface area contributed by atoms with Crippen molar-refractivity contribution in [3.8, 4) is 0 Å². The van der Waals surface area contributed by atoms with Crippen LogP contribution in [0.4, 0.5) is 0 Å². The monoisotopic (exact) mass is 340 g/mol. The Bertz CT molecular complexity index is 319. The van der Waals surface area contributed by atoms with Gasteiger partial charge in [-0.2, -0.15) is 0 Å². The van der Waals surface area contributed by atoms with Crippen LogP contribution in [-0.4, -0.2) is 21.5 Å². The second-order valence-electron chi connectivity index (χ2n) is 4.46. The first-order chi connectivity index (χ1) is 7.45. The fourth-order valence-electron chi connectivity index (χ4n) is 2.96. The lowest BCUT2D eigenvalue weighted by Crippen LogP contribution is -2.47. The highest BCUT2D eigenvalue weighted by molar-refractivity contribution is 6.53. The van der Waals surface area contributed by atoms with Crippen molar-refractivity contribution in [2.24, 2.45) is 17.3 Å². The molecule has 0 radical (unpaired) electrons. The van der Waals surface area contributed by atoms with Gasteiger partial charge in [0, 0.05) is 28.6 Å². The highest BCUT2D eigenvalue weighted by Gasteiger charge is 2.67. The maximum Gasteiger partial charge on any atom is 0.141 e. The molecule has 0 aromatic carbocycles. The molecule has 92 valence electrons. The van der Waals surface area contributed by atoms with Crippen LogP contribution < -0.4 is 0 Å². The van der Waals surface area contributed by atoms with Gasteiger partial charge in [0.1, 0.15) is 4.33 Å². The predicted octanol–water partition coefficient (Wildman–Crippen LogP) is 5.00. The Labute approximate surface area is 125 Å². The molecular formula is C10H10Cl6. The van der Waals surface area contributed by atoms with E-state index in [1.165, 1.54) is 5.54 Å². The van der Waals surface area contributed by atoms with Crippen LogP contribution in [0.1, 0.15) is 6.42 Å². The number of rotatable bonds is 2. The number of alkyl halides is 5. The zero-order chi connectivity index (χ0) is 12.1. The van der Waals surface area contributed by atoms with E-state index in [0.717, 1.165) is 12.0 Å². The molecular weight excluding hydrogens is 333 g/mol. The molecule has 0 saturated heterocycles. The average Bonchev–Trinajstić information content (AvgIpc) is 2.72. The lowest BCUT2D eigenvalue weighted by Gasteiger charge is -2.43. The third-order valence-electron chi connectivity index (χ3n) is 3.93. The van der Waals surface area contributed by atoms with E-state index in [1.54, 1.807) is 0 Å². The van der Waals surface area contributed by atoms with Gasteiger partial charge in [0.2, 0.25) is 0 Å². The summed E-state index contributed by atoms with van der Waals surface area (Å²) in [6, 6.07) is 0. The lowest BCUT2D eigenvalue weighted by atomic mass is 9.72. The van der Waals surface area contributed by atoms with Crippen LogP contribution in [0.25, 0.3) is 0 Å². The van der Waals surface area contributed by atoms with Crippen molar-refractivity contribution in [2.75, 3.05) is 11.8 Å². The van der Waals surface area contributed by atoms with E-state index in [2.05, 4.69) is 0 Å². The minimum absolute atomic E-state index is 0.0432. The van der Waals surface area contributed by atoms with Crippen molar-refractivity contribution < 1.29 is 0 Å². The van der Waals surface area contributed by atoms with Gasteiger partial charge in [-0.1, -0.05) is 34.8 Å². The van der Waals surface area contributed by atoms with Crippen LogP contribution in [0, 0.1) is 17.3 Å². The molecule has 0 amide bonds. The normalized spacial score (nSPS) is 41.9. The van der Waals surface area contributed by atoms with Gasteiger partial charge >= 0.3 is 0 Å². The lowest BCUT2D eigenvalue weighted by molar-refractivity contribution is 0.297. The van der Waals surface area contributed by atoms with E-state index >= 15 is 0 Å². The Morgan fingerprint density at radius 3 is 2.25 bits per heavy atom. The summed E-state index contributed by atoms with van der Waals surface area (Å²) in [5.41, 5.74) is 2.12. The third kappa shape index (κ3) is 1.57. The third-order valence-corrected chi connectivity index (χ3v) is 6.99. The van der Waals surface area contributed by atoms with Crippen molar-refractivity contribution in [2.45, 2.75) is 16.1 Å². The van der Waals surface area contributed by atoms with Gasteiger partial charge in [-0.3, -0.25) is 0 Å². The summed E-state index contributed by atoms with van der Waals surface area (Å²) in [6.45, 7) is 0. The highest BCUT2D eigenvalue weighted by atomic mass is 35.5. The van der Waals surface area contributed by atoms with Crippen molar-refractivity contribution in [3.05, 3.63) is 11.1 Å². The maximum absolute atomic E-state index is 6.31. The van der Waals surface area contributed by atoms with Crippen LogP contribution in [0.2, 0.25) is 0 Å². The van der Waals surface area contributed by atoms with Crippen molar-refractivity contribution in [1.29, 1.82) is 0 Å². The molecule has 3 atom stereocenters. The van der Waals surface area contributed by atoms with Crippen LogP contribution >= 0.6 is 69.6 Å². The maximum atomic E-state index is 6.31. The summed E-state index contributed by atoms with van der Waals surface area (Å²) < 4.78 is -0.964. The largest absolute Gasteiger partial charge is 0.141 e.